The van der Waals surface area contributed by atoms with Crippen molar-refractivity contribution < 1.29 is 4.79 Å². The molecular weight excluding hydrogens is 274 g/mol. The van der Waals surface area contributed by atoms with E-state index < -0.39 is 0 Å². The second-order valence-electron chi connectivity index (χ2n) is 4.85. The fraction of sp³-hybridized carbons (Fsp3) is 0.222. The van der Waals surface area contributed by atoms with Crippen LogP contribution in [-0.2, 0) is 13.0 Å². The van der Waals surface area contributed by atoms with Gasteiger partial charge in [-0.15, -0.1) is 0 Å². The summed E-state index contributed by atoms with van der Waals surface area (Å²) >= 11 is 0. The molecule has 1 amide bonds. The molecule has 22 heavy (non-hydrogen) atoms. The van der Waals surface area contributed by atoms with Crippen LogP contribution in [-0.4, -0.2) is 15.7 Å². The summed E-state index contributed by atoms with van der Waals surface area (Å²) in [4.78, 5) is 12.5. The van der Waals surface area contributed by atoms with Crippen molar-refractivity contribution in [3.05, 3.63) is 71.6 Å². The van der Waals surface area contributed by atoms with E-state index >= 15 is 0 Å². The van der Waals surface area contributed by atoms with Gasteiger partial charge >= 0.3 is 0 Å². The summed E-state index contributed by atoms with van der Waals surface area (Å²) in [6.45, 7) is 4.47. The number of aromatic nitrogens is 2. The molecule has 0 radical (unpaired) electrons. The van der Waals surface area contributed by atoms with E-state index in [4.69, 9.17) is 0 Å². The number of nitrogens with zero attached hydrogens (tertiary/aromatic N) is 2. The Morgan fingerprint density at radius 3 is 2.73 bits per heavy atom. The minimum absolute atomic E-state index is 0.108. The molecule has 1 N–H and O–H groups in total. The molecule has 0 spiro atoms. The van der Waals surface area contributed by atoms with Crippen LogP contribution in [0.3, 0.4) is 0 Å². The molecule has 0 saturated heterocycles. The first-order valence-corrected chi connectivity index (χ1v) is 7.44. The number of hydrogen-bond acceptors (Lipinski definition) is 2. The maximum absolute atomic E-state index is 12.5. The summed E-state index contributed by atoms with van der Waals surface area (Å²) in [7, 11) is 0. The molecule has 1 aromatic carbocycles. The standard InChI is InChI=1S/C18H21N3O/c1-3-5-9-12-21-17(16(4-2)14-20-21)18(22)19-13-15-10-7-6-8-11-15/h3,5-12,14H,4,13H2,1-2H3,(H,19,22)/b5-3-,12-9-. The molecule has 0 bridgehead atoms. The van der Waals surface area contributed by atoms with Gasteiger partial charge in [0.2, 0.25) is 0 Å². The van der Waals surface area contributed by atoms with E-state index in [0.717, 1.165) is 17.5 Å². The van der Waals surface area contributed by atoms with Gasteiger partial charge in [-0.3, -0.25) is 4.79 Å². The van der Waals surface area contributed by atoms with Crippen LogP contribution in [0.1, 0.15) is 35.5 Å². The van der Waals surface area contributed by atoms with E-state index in [-0.39, 0.29) is 5.91 Å². The average molecular weight is 295 g/mol. The molecule has 4 nitrogen and oxygen atoms in total. The first-order valence-electron chi connectivity index (χ1n) is 7.44. The number of carbonyl (C=O) groups excluding carboxylic acids is 1. The zero-order valence-corrected chi connectivity index (χ0v) is 13.0. The van der Waals surface area contributed by atoms with Gasteiger partial charge in [0.05, 0.1) is 6.20 Å². The fourth-order valence-corrected chi connectivity index (χ4v) is 2.12. The van der Waals surface area contributed by atoms with Gasteiger partial charge < -0.3 is 5.32 Å². The highest BCUT2D eigenvalue weighted by Crippen LogP contribution is 2.11. The van der Waals surface area contributed by atoms with Crippen LogP contribution >= 0.6 is 0 Å². The molecular formula is C18H21N3O. The summed E-state index contributed by atoms with van der Waals surface area (Å²) in [6, 6.07) is 9.86. The van der Waals surface area contributed by atoms with E-state index in [9.17, 15) is 4.79 Å². The lowest BCUT2D eigenvalue weighted by Crippen LogP contribution is -2.26. The van der Waals surface area contributed by atoms with Gasteiger partial charge in [-0.25, -0.2) is 4.68 Å². The number of nitrogens with one attached hydrogen (secondary N) is 1. The Kier molecular flexibility index (Phi) is 5.72. The SMILES string of the molecule is C/C=C\C=C/n1ncc(CC)c1C(=O)NCc1ccccc1. The van der Waals surface area contributed by atoms with Crippen LogP contribution < -0.4 is 5.32 Å². The zero-order chi connectivity index (χ0) is 15.8. The monoisotopic (exact) mass is 295 g/mol. The van der Waals surface area contributed by atoms with Crippen molar-refractivity contribution in [3.8, 4) is 0 Å². The average Bonchev–Trinajstić information content (AvgIpc) is 2.97. The third kappa shape index (κ3) is 3.95. The molecule has 0 aliphatic rings. The molecule has 0 aliphatic carbocycles. The van der Waals surface area contributed by atoms with Crippen molar-refractivity contribution in [1.82, 2.24) is 15.1 Å². The number of allylic oxidation sites excluding steroid dienone is 3. The van der Waals surface area contributed by atoms with Gasteiger partial charge in [0, 0.05) is 18.3 Å². The second-order valence-corrected chi connectivity index (χ2v) is 4.85. The van der Waals surface area contributed by atoms with Gasteiger partial charge in [-0.2, -0.15) is 5.10 Å². The summed E-state index contributed by atoms with van der Waals surface area (Å²) in [5, 5.41) is 7.23. The van der Waals surface area contributed by atoms with Crippen LogP contribution in [0.15, 0.2) is 54.8 Å². The number of benzene rings is 1. The van der Waals surface area contributed by atoms with Crippen molar-refractivity contribution in [1.29, 1.82) is 0 Å². The fourth-order valence-electron chi connectivity index (χ4n) is 2.12. The van der Waals surface area contributed by atoms with Crippen LogP contribution in [0.2, 0.25) is 0 Å². The molecule has 1 heterocycles. The van der Waals surface area contributed by atoms with Crippen molar-refractivity contribution in [2.75, 3.05) is 0 Å². The van der Waals surface area contributed by atoms with Crippen LogP contribution in [0, 0.1) is 0 Å². The van der Waals surface area contributed by atoms with Crippen LogP contribution in [0.5, 0.6) is 0 Å². The summed E-state index contributed by atoms with van der Waals surface area (Å²) in [6.07, 6.45) is 9.99. The Labute approximate surface area is 131 Å². The molecule has 0 atom stereocenters. The molecule has 2 rings (SSSR count). The van der Waals surface area contributed by atoms with Crippen molar-refractivity contribution >= 4 is 12.1 Å². The maximum atomic E-state index is 12.5. The zero-order valence-electron chi connectivity index (χ0n) is 13.0. The molecule has 0 saturated carbocycles. The van der Waals surface area contributed by atoms with Gasteiger partial charge in [-0.05, 0) is 25.0 Å². The lowest BCUT2D eigenvalue weighted by Gasteiger charge is -2.07. The molecule has 4 heteroatoms. The number of rotatable bonds is 6. The molecule has 0 fully saturated rings. The maximum Gasteiger partial charge on any atom is 0.270 e. The largest absolute Gasteiger partial charge is 0.347 e. The number of amides is 1. The van der Waals surface area contributed by atoms with E-state index in [1.165, 1.54) is 0 Å². The van der Waals surface area contributed by atoms with Crippen LogP contribution in [0.25, 0.3) is 6.20 Å². The molecule has 1 aromatic heterocycles. The summed E-state index contributed by atoms with van der Waals surface area (Å²) in [5.41, 5.74) is 2.61. The van der Waals surface area contributed by atoms with Crippen molar-refractivity contribution in [2.45, 2.75) is 26.8 Å². The highest BCUT2D eigenvalue weighted by molar-refractivity contribution is 5.94. The Balaban J connectivity index is 2.15. The third-order valence-corrected chi connectivity index (χ3v) is 3.29. The van der Waals surface area contributed by atoms with Gasteiger partial charge in [0.1, 0.15) is 5.69 Å². The van der Waals surface area contributed by atoms with Crippen LogP contribution in [0.4, 0.5) is 0 Å². The Morgan fingerprint density at radius 2 is 2.05 bits per heavy atom. The van der Waals surface area contributed by atoms with E-state index in [2.05, 4.69) is 10.4 Å². The first kappa shape index (κ1) is 15.8. The van der Waals surface area contributed by atoms with Gasteiger partial charge in [0.15, 0.2) is 0 Å². The summed E-state index contributed by atoms with van der Waals surface area (Å²) in [5.74, 6) is -0.108. The Bertz CT molecular complexity index is 669. The van der Waals surface area contributed by atoms with Crippen molar-refractivity contribution in [3.63, 3.8) is 0 Å². The highest BCUT2D eigenvalue weighted by atomic mass is 16.2. The number of carbonyl (C=O) groups is 1. The number of aryl methyl sites for hydroxylation is 1. The molecule has 0 unspecified atom stereocenters. The van der Waals surface area contributed by atoms with E-state index in [0.29, 0.717) is 12.2 Å². The predicted octanol–water partition coefficient (Wildman–Crippen LogP) is 3.42. The normalized spacial score (nSPS) is 11.4. The molecule has 114 valence electrons. The second kappa shape index (κ2) is 7.98. The molecule has 0 aliphatic heterocycles. The van der Waals surface area contributed by atoms with E-state index in [1.807, 2.05) is 62.4 Å². The lowest BCUT2D eigenvalue weighted by molar-refractivity contribution is 0.0943. The number of hydrogen-bond donors (Lipinski definition) is 1. The lowest BCUT2D eigenvalue weighted by atomic mass is 10.2. The highest BCUT2D eigenvalue weighted by Gasteiger charge is 2.16. The Morgan fingerprint density at radius 1 is 1.27 bits per heavy atom. The topological polar surface area (TPSA) is 46.9 Å². The van der Waals surface area contributed by atoms with Crippen molar-refractivity contribution in [2.24, 2.45) is 0 Å². The first-order chi connectivity index (χ1) is 10.8. The van der Waals surface area contributed by atoms with Gasteiger partial charge in [-0.1, -0.05) is 49.4 Å². The third-order valence-electron chi connectivity index (χ3n) is 3.29. The quantitative estimate of drug-likeness (QED) is 0.830. The van der Waals surface area contributed by atoms with E-state index in [1.54, 1.807) is 17.1 Å². The van der Waals surface area contributed by atoms with Gasteiger partial charge in [0.25, 0.3) is 5.91 Å². The summed E-state index contributed by atoms with van der Waals surface area (Å²) < 4.78 is 1.62. The smallest absolute Gasteiger partial charge is 0.270 e. The minimum Gasteiger partial charge on any atom is -0.347 e. The predicted molar refractivity (Wildman–Crippen MR) is 89.4 cm³/mol. The Hall–Kier alpha value is -2.62. The molecule has 2 aromatic rings. The minimum atomic E-state index is -0.108.